The van der Waals surface area contributed by atoms with Crippen molar-refractivity contribution < 1.29 is 13.9 Å². The van der Waals surface area contributed by atoms with E-state index in [9.17, 15) is 9.18 Å². The first kappa shape index (κ1) is 12.6. The van der Waals surface area contributed by atoms with Crippen LogP contribution in [0.1, 0.15) is 23.7 Å². The lowest BCUT2D eigenvalue weighted by Crippen LogP contribution is -2.23. The summed E-state index contributed by atoms with van der Waals surface area (Å²) in [5.41, 5.74) is 5.54. The zero-order valence-electron chi connectivity index (χ0n) is 9.50. The molecule has 16 heavy (non-hydrogen) atoms. The first-order valence-corrected chi connectivity index (χ1v) is 5.21. The molecule has 0 aliphatic carbocycles. The van der Waals surface area contributed by atoms with Gasteiger partial charge in [0, 0.05) is 18.5 Å². The highest BCUT2D eigenvalue weighted by molar-refractivity contribution is 5.98. The topological polar surface area (TPSA) is 52.3 Å². The van der Waals surface area contributed by atoms with Gasteiger partial charge in [0.2, 0.25) is 0 Å². The molecule has 88 valence electrons. The summed E-state index contributed by atoms with van der Waals surface area (Å²) in [6.45, 7) is 2.09. The van der Waals surface area contributed by atoms with E-state index in [0.717, 1.165) is 0 Å². The van der Waals surface area contributed by atoms with Crippen LogP contribution in [0.2, 0.25) is 0 Å². The van der Waals surface area contributed by atoms with Gasteiger partial charge in [0.25, 0.3) is 0 Å². The van der Waals surface area contributed by atoms with Gasteiger partial charge in [0.15, 0.2) is 5.78 Å². The van der Waals surface area contributed by atoms with Gasteiger partial charge in [0.1, 0.15) is 11.6 Å². The third kappa shape index (κ3) is 2.58. The van der Waals surface area contributed by atoms with Crippen LogP contribution in [0.3, 0.4) is 0 Å². The highest BCUT2D eigenvalue weighted by atomic mass is 19.1. The second-order valence-corrected chi connectivity index (χ2v) is 3.55. The SMILES string of the molecule is CCC(CN)C(=O)c1ccc(OC)cc1F. The Bertz CT molecular complexity index is 375. The molecule has 3 nitrogen and oxygen atoms in total. The number of nitrogens with two attached hydrogens (primary N) is 1. The molecule has 0 saturated heterocycles. The molecule has 0 heterocycles. The average Bonchev–Trinajstić information content (AvgIpc) is 2.30. The number of hydrogen-bond acceptors (Lipinski definition) is 3. The molecule has 1 atom stereocenters. The zero-order valence-corrected chi connectivity index (χ0v) is 9.50. The third-order valence-corrected chi connectivity index (χ3v) is 2.59. The van der Waals surface area contributed by atoms with E-state index in [-0.39, 0.29) is 23.8 Å². The number of methoxy groups -OCH3 is 1. The number of halogens is 1. The maximum Gasteiger partial charge on any atom is 0.170 e. The molecule has 0 radical (unpaired) electrons. The lowest BCUT2D eigenvalue weighted by molar-refractivity contribution is 0.0917. The van der Waals surface area contributed by atoms with E-state index >= 15 is 0 Å². The van der Waals surface area contributed by atoms with Gasteiger partial charge in [-0.25, -0.2) is 4.39 Å². The molecular weight excluding hydrogens is 209 g/mol. The monoisotopic (exact) mass is 225 g/mol. The molecule has 1 aromatic rings. The van der Waals surface area contributed by atoms with Gasteiger partial charge in [-0.15, -0.1) is 0 Å². The van der Waals surface area contributed by atoms with Crippen molar-refractivity contribution in [3.05, 3.63) is 29.6 Å². The van der Waals surface area contributed by atoms with Crippen molar-refractivity contribution in [2.45, 2.75) is 13.3 Å². The van der Waals surface area contributed by atoms with Crippen LogP contribution in [0.4, 0.5) is 4.39 Å². The van der Waals surface area contributed by atoms with E-state index in [1.54, 1.807) is 6.07 Å². The van der Waals surface area contributed by atoms with Crippen LogP contribution in [0, 0.1) is 11.7 Å². The molecule has 2 N–H and O–H groups in total. The summed E-state index contributed by atoms with van der Waals surface area (Å²) >= 11 is 0. The van der Waals surface area contributed by atoms with E-state index in [2.05, 4.69) is 0 Å². The number of ketones is 1. The quantitative estimate of drug-likeness (QED) is 0.780. The van der Waals surface area contributed by atoms with E-state index in [0.29, 0.717) is 12.2 Å². The summed E-state index contributed by atoms with van der Waals surface area (Å²) in [4.78, 5) is 11.9. The summed E-state index contributed by atoms with van der Waals surface area (Å²) in [6.07, 6.45) is 0.612. The lowest BCUT2D eigenvalue weighted by atomic mass is 9.95. The normalized spacial score (nSPS) is 12.2. The second-order valence-electron chi connectivity index (χ2n) is 3.55. The molecule has 0 fully saturated rings. The van der Waals surface area contributed by atoms with E-state index in [4.69, 9.17) is 10.5 Å². The summed E-state index contributed by atoms with van der Waals surface area (Å²) in [5.74, 6) is -0.723. The van der Waals surface area contributed by atoms with Crippen LogP contribution in [0.5, 0.6) is 5.75 Å². The lowest BCUT2D eigenvalue weighted by Gasteiger charge is -2.11. The number of carbonyl (C=O) groups excluding carboxylic acids is 1. The van der Waals surface area contributed by atoms with Gasteiger partial charge in [0.05, 0.1) is 12.7 Å². The van der Waals surface area contributed by atoms with Gasteiger partial charge in [-0.05, 0) is 18.6 Å². The maximum absolute atomic E-state index is 13.6. The molecule has 4 heteroatoms. The van der Waals surface area contributed by atoms with Gasteiger partial charge in [-0.3, -0.25) is 4.79 Å². The van der Waals surface area contributed by atoms with Crippen molar-refractivity contribution in [2.24, 2.45) is 11.7 Å². The van der Waals surface area contributed by atoms with Crippen LogP contribution < -0.4 is 10.5 Å². The fourth-order valence-corrected chi connectivity index (χ4v) is 1.50. The minimum Gasteiger partial charge on any atom is -0.497 e. The molecule has 0 aromatic heterocycles. The highest BCUT2D eigenvalue weighted by Crippen LogP contribution is 2.19. The first-order valence-electron chi connectivity index (χ1n) is 5.21. The predicted octanol–water partition coefficient (Wildman–Crippen LogP) is 2.00. The molecule has 1 rings (SSSR count). The Morgan fingerprint density at radius 3 is 2.69 bits per heavy atom. The number of ether oxygens (including phenoxy) is 1. The maximum atomic E-state index is 13.6. The minimum atomic E-state index is -0.559. The molecule has 0 aliphatic rings. The Balaban J connectivity index is 3.00. The van der Waals surface area contributed by atoms with E-state index in [1.807, 2.05) is 6.92 Å². The van der Waals surface area contributed by atoms with Crippen LogP contribution in [-0.4, -0.2) is 19.4 Å². The van der Waals surface area contributed by atoms with Gasteiger partial charge in [-0.1, -0.05) is 6.92 Å². The largest absolute Gasteiger partial charge is 0.497 e. The van der Waals surface area contributed by atoms with Crippen LogP contribution >= 0.6 is 0 Å². The number of carbonyl (C=O) groups is 1. The minimum absolute atomic E-state index is 0.0816. The highest BCUT2D eigenvalue weighted by Gasteiger charge is 2.20. The Morgan fingerprint density at radius 2 is 2.25 bits per heavy atom. The first-order chi connectivity index (χ1) is 7.63. The molecule has 0 saturated carbocycles. The van der Waals surface area contributed by atoms with E-state index in [1.165, 1.54) is 19.2 Å². The van der Waals surface area contributed by atoms with Crippen molar-refractivity contribution in [2.75, 3.05) is 13.7 Å². The average molecular weight is 225 g/mol. The number of hydrogen-bond donors (Lipinski definition) is 1. The Kier molecular flexibility index (Phi) is 4.43. The number of rotatable bonds is 5. The van der Waals surface area contributed by atoms with Gasteiger partial charge in [-0.2, -0.15) is 0 Å². The summed E-state index contributed by atoms with van der Waals surface area (Å²) in [6, 6.07) is 4.21. The van der Waals surface area contributed by atoms with Crippen molar-refractivity contribution in [1.82, 2.24) is 0 Å². The zero-order chi connectivity index (χ0) is 12.1. The number of Topliss-reactive ketones (excluding diaryl/α,β-unsaturated/α-hetero) is 1. The van der Waals surface area contributed by atoms with Gasteiger partial charge >= 0.3 is 0 Å². The summed E-state index contributed by atoms with van der Waals surface area (Å²) in [7, 11) is 1.45. The molecule has 0 aliphatic heterocycles. The molecule has 1 aromatic carbocycles. The van der Waals surface area contributed by atoms with Crippen LogP contribution in [0.25, 0.3) is 0 Å². The van der Waals surface area contributed by atoms with Gasteiger partial charge < -0.3 is 10.5 Å². The predicted molar refractivity (Wildman–Crippen MR) is 60.1 cm³/mol. The van der Waals surface area contributed by atoms with Crippen molar-refractivity contribution >= 4 is 5.78 Å². The number of benzene rings is 1. The fraction of sp³-hybridized carbons (Fsp3) is 0.417. The van der Waals surface area contributed by atoms with Crippen molar-refractivity contribution in [3.63, 3.8) is 0 Å². The van der Waals surface area contributed by atoms with Crippen LogP contribution in [0.15, 0.2) is 18.2 Å². The van der Waals surface area contributed by atoms with Crippen LogP contribution in [-0.2, 0) is 0 Å². The standard InChI is InChI=1S/C12H16FNO2/c1-3-8(7-14)12(15)10-5-4-9(16-2)6-11(10)13/h4-6,8H,3,7,14H2,1-2H3. The Morgan fingerprint density at radius 1 is 1.56 bits per heavy atom. The summed E-state index contributed by atoms with van der Waals surface area (Å²) in [5, 5.41) is 0. The van der Waals surface area contributed by atoms with Crippen molar-refractivity contribution in [3.8, 4) is 5.75 Å². The molecule has 0 amide bonds. The summed E-state index contributed by atoms with van der Waals surface area (Å²) < 4.78 is 18.4. The van der Waals surface area contributed by atoms with Crippen molar-refractivity contribution in [1.29, 1.82) is 0 Å². The second kappa shape index (κ2) is 5.61. The third-order valence-electron chi connectivity index (χ3n) is 2.59. The Hall–Kier alpha value is -1.42. The molecule has 0 spiro atoms. The molecule has 1 unspecified atom stereocenters. The molecule has 0 bridgehead atoms. The molecular formula is C12H16FNO2. The smallest absolute Gasteiger partial charge is 0.170 e. The fourth-order valence-electron chi connectivity index (χ4n) is 1.50. The van der Waals surface area contributed by atoms with E-state index < -0.39 is 5.82 Å². The Labute approximate surface area is 94.4 Å².